The summed E-state index contributed by atoms with van der Waals surface area (Å²) in [5, 5.41) is 2.99. The fraction of sp³-hybridized carbons (Fsp3) is 0.222. The lowest BCUT2D eigenvalue weighted by molar-refractivity contribution is 0.130. The molecule has 0 aliphatic carbocycles. The predicted molar refractivity (Wildman–Crippen MR) is 94.2 cm³/mol. The van der Waals surface area contributed by atoms with Crippen LogP contribution < -0.4 is 11.0 Å². The van der Waals surface area contributed by atoms with Gasteiger partial charge in [0, 0.05) is 18.9 Å². The van der Waals surface area contributed by atoms with Crippen LogP contribution >= 0.6 is 0 Å². The van der Waals surface area contributed by atoms with E-state index in [1.165, 1.54) is 10.9 Å². The normalized spacial score (nSPS) is 10.6. The Morgan fingerprint density at radius 1 is 1.08 bits per heavy atom. The smallest absolute Gasteiger partial charge is 0.352 e. The zero-order valence-corrected chi connectivity index (χ0v) is 13.7. The average Bonchev–Trinajstić information content (AvgIpc) is 2.65. The second kappa shape index (κ2) is 8.70. The van der Waals surface area contributed by atoms with Crippen molar-refractivity contribution in [3.63, 3.8) is 0 Å². The largest absolute Gasteiger partial charge is 0.375 e. The Bertz CT molecular complexity index is 837. The van der Waals surface area contributed by atoms with Gasteiger partial charge < -0.3 is 10.1 Å². The summed E-state index contributed by atoms with van der Waals surface area (Å²) in [7, 11) is 0. The molecule has 0 spiro atoms. The summed E-state index contributed by atoms with van der Waals surface area (Å²) in [6, 6.07) is 13.7. The quantitative estimate of drug-likeness (QED) is 0.630. The number of anilines is 1. The molecule has 0 radical (unpaired) electrons. The zero-order valence-electron chi connectivity index (χ0n) is 13.7. The molecule has 0 amide bonds. The Labute approximate surface area is 145 Å². The lowest BCUT2D eigenvalue weighted by Gasteiger charge is -2.08. The van der Waals surface area contributed by atoms with Gasteiger partial charge in [-0.05, 0) is 17.2 Å². The van der Waals surface area contributed by atoms with Crippen LogP contribution in [-0.4, -0.2) is 32.7 Å². The molecule has 7 nitrogen and oxygen atoms in total. The van der Waals surface area contributed by atoms with E-state index in [0.717, 1.165) is 11.1 Å². The van der Waals surface area contributed by atoms with Gasteiger partial charge in [-0.3, -0.25) is 9.55 Å². The Kier molecular flexibility index (Phi) is 5.84. The van der Waals surface area contributed by atoms with Gasteiger partial charge in [0.1, 0.15) is 6.33 Å². The number of nitrogens with one attached hydrogen (secondary N) is 1. The van der Waals surface area contributed by atoms with Crippen LogP contribution in [0, 0.1) is 0 Å². The molecule has 0 aliphatic rings. The predicted octanol–water partition coefficient (Wildman–Crippen LogP) is 1.71. The van der Waals surface area contributed by atoms with E-state index < -0.39 is 0 Å². The number of nitrogens with zero attached hydrogens (tertiary/aromatic N) is 4. The molecule has 0 unspecified atom stereocenters. The van der Waals surface area contributed by atoms with Crippen LogP contribution in [0.4, 0.5) is 5.95 Å². The monoisotopic (exact) mass is 337 g/mol. The Hall–Kier alpha value is -3.06. The second-order valence-electron chi connectivity index (χ2n) is 5.42. The van der Waals surface area contributed by atoms with Crippen LogP contribution in [0.5, 0.6) is 0 Å². The summed E-state index contributed by atoms with van der Waals surface area (Å²) in [6.07, 6.45) is 4.88. The van der Waals surface area contributed by atoms with Gasteiger partial charge in [-0.25, -0.2) is 9.78 Å². The summed E-state index contributed by atoms with van der Waals surface area (Å²) in [5.74, 6) is 0.302. The molecule has 2 heterocycles. The zero-order chi connectivity index (χ0) is 17.3. The Morgan fingerprint density at radius 2 is 1.92 bits per heavy atom. The first-order valence-corrected chi connectivity index (χ1v) is 7.99. The van der Waals surface area contributed by atoms with Gasteiger partial charge in [-0.1, -0.05) is 36.4 Å². The summed E-state index contributed by atoms with van der Waals surface area (Å²) in [4.78, 5) is 24.2. The number of pyridine rings is 1. The fourth-order valence-corrected chi connectivity index (χ4v) is 2.24. The highest BCUT2D eigenvalue weighted by Gasteiger charge is 2.02. The first-order valence-electron chi connectivity index (χ1n) is 7.99. The minimum absolute atomic E-state index is 0.302. The number of rotatable bonds is 8. The highest BCUT2D eigenvalue weighted by Crippen LogP contribution is 2.01. The topological polar surface area (TPSA) is 81.9 Å². The molecule has 0 atom stereocenters. The molecule has 0 fully saturated rings. The van der Waals surface area contributed by atoms with E-state index in [2.05, 4.69) is 20.3 Å². The number of hydrogen-bond donors (Lipinski definition) is 1. The van der Waals surface area contributed by atoms with E-state index in [1.54, 1.807) is 12.4 Å². The van der Waals surface area contributed by atoms with Crippen molar-refractivity contribution in [1.29, 1.82) is 0 Å². The molecule has 128 valence electrons. The van der Waals surface area contributed by atoms with Gasteiger partial charge in [0.05, 0.1) is 19.8 Å². The lowest BCUT2D eigenvalue weighted by atomic mass is 10.2. The third-order valence-electron chi connectivity index (χ3n) is 3.48. The number of hydrogen-bond acceptors (Lipinski definition) is 6. The van der Waals surface area contributed by atoms with E-state index in [0.29, 0.717) is 32.3 Å². The van der Waals surface area contributed by atoms with Crippen molar-refractivity contribution in [2.45, 2.75) is 13.2 Å². The fourth-order valence-electron chi connectivity index (χ4n) is 2.24. The molecule has 0 bridgehead atoms. The molecule has 0 aliphatic heterocycles. The van der Waals surface area contributed by atoms with Gasteiger partial charge in [0.2, 0.25) is 5.95 Å². The highest BCUT2D eigenvalue weighted by atomic mass is 16.5. The third kappa shape index (κ3) is 5.22. The summed E-state index contributed by atoms with van der Waals surface area (Å²) in [6.45, 7) is 1.97. The Morgan fingerprint density at radius 3 is 2.68 bits per heavy atom. The molecule has 1 aromatic carbocycles. The van der Waals surface area contributed by atoms with Crippen molar-refractivity contribution in [3.05, 3.63) is 82.8 Å². The van der Waals surface area contributed by atoms with E-state index in [9.17, 15) is 4.79 Å². The SMILES string of the molecule is O=c1nc(NCCOCc2ccccc2)ncn1Cc1cccnc1. The van der Waals surface area contributed by atoms with Crippen LogP contribution in [0.2, 0.25) is 0 Å². The molecule has 0 saturated heterocycles. The van der Waals surface area contributed by atoms with Crippen molar-refractivity contribution < 1.29 is 4.74 Å². The number of ether oxygens (including phenoxy) is 1. The van der Waals surface area contributed by atoms with Gasteiger partial charge in [0.25, 0.3) is 0 Å². The minimum Gasteiger partial charge on any atom is -0.375 e. The highest BCUT2D eigenvalue weighted by molar-refractivity contribution is 5.21. The molecule has 1 N–H and O–H groups in total. The van der Waals surface area contributed by atoms with Crippen molar-refractivity contribution in [2.75, 3.05) is 18.5 Å². The van der Waals surface area contributed by atoms with Crippen molar-refractivity contribution in [3.8, 4) is 0 Å². The van der Waals surface area contributed by atoms with Gasteiger partial charge >= 0.3 is 5.69 Å². The summed E-state index contributed by atoms with van der Waals surface area (Å²) >= 11 is 0. The van der Waals surface area contributed by atoms with Crippen LogP contribution in [0.3, 0.4) is 0 Å². The molecular formula is C18H19N5O2. The number of aromatic nitrogens is 4. The minimum atomic E-state index is -0.355. The number of benzene rings is 1. The third-order valence-corrected chi connectivity index (χ3v) is 3.48. The summed E-state index contributed by atoms with van der Waals surface area (Å²) < 4.78 is 7.00. The molecular weight excluding hydrogens is 318 g/mol. The summed E-state index contributed by atoms with van der Waals surface area (Å²) in [5.41, 5.74) is 1.69. The van der Waals surface area contributed by atoms with Gasteiger partial charge in [-0.2, -0.15) is 4.98 Å². The van der Waals surface area contributed by atoms with E-state index in [-0.39, 0.29) is 5.69 Å². The van der Waals surface area contributed by atoms with Crippen molar-refractivity contribution in [2.24, 2.45) is 0 Å². The standard InChI is InChI=1S/C18H19N5O2/c24-18-22-17(20-9-10-25-13-15-5-2-1-3-6-15)21-14-23(18)12-16-7-4-8-19-11-16/h1-8,11,14H,9-10,12-13H2,(H,20,22,24). The molecule has 3 aromatic rings. The Balaban J connectivity index is 1.45. The van der Waals surface area contributed by atoms with Crippen molar-refractivity contribution in [1.82, 2.24) is 19.5 Å². The molecule has 3 rings (SSSR count). The average molecular weight is 337 g/mol. The lowest BCUT2D eigenvalue weighted by Crippen LogP contribution is -2.26. The van der Waals surface area contributed by atoms with Crippen LogP contribution in [-0.2, 0) is 17.9 Å². The molecule has 25 heavy (non-hydrogen) atoms. The van der Waals surface area contributed by atoms with E-state index >= 15 is 0 Å². The van der Waals surface area contributed by atoms with Gasteiger partial charge in [-0.15, -0.1) is 0 Å². The van der Waals surface area contributed by atoms with E-state index in [1.807, 2.05) is 42.5 Å². The van der Waals surface area contributed by atoms with E-state index in [4.69, 9.17) is 4.74 Å². The maximum Gasteiger partial charge on any atom is 0.352 e. The molecule has 0 saturated carbocycles. The van der Waals surface area contributed by atoms with Crippen LogP contribution in [0.25, 0.3) is 0 Å². The second-order valence-corrected chi connectivity index (χ2v) is 5.42. The first kappa shape index (κ1) is 16.8. The van der Waals surface area contributed by atoms with Crippen LogP contribution in [0.15, 0.2) is 66.0 Å². The molecule has 2 aromatic heterocycles. The van der Waals surface area contributed by atoms with Gasteiger partial charge in [0.15, 0.2) is 0 Å². The maximum atomic E-state index is 12.0. The molecule has 7 heteroatoms. The van der Waals surface area contributed by atoms with Crippen LogP contribution in [0.1, 0.15) is 11.1 Å². The maximum absolute atomic E-state index is 12.0. The first-order chi connectivity index (χ1) is 12.3. The van der Waals surface area contributed by atoms with Crippen molar-refractivity contribution >= 4 is 5.95 Å².